The van der Waals surface area contributed by atoms with E-state index in [1.54, 1.807) is 32.2 Å². The maximum absolute atomic E-state index is 11.4. The van der Waals surface area contributed by atoms with Gasteiger partial charge in [-0.1, -0.05) is 17.7 Å². The lowest BCUT2D eigenvalue weighted by molar-refractivity contribution is -0.120. The molecule has 5 heteroatoms. The van der Waals surface area contributed by atoms with Gasteiger partial charge in [0.05, 0.1) is 12.4 Å². The zero-order valence-electron chi connectivity index (χ0n) is 9.16. The van der Waals surface area contributed by atoms with Crippen LogP contribution in [0.5, 0.6) is 5.75 Å². The van der Waals surface area contributed by atoms with Crippen molar-refractivity contribution >= 4 is 30.1 Å². The predicted molar refractivity (Wildman–Crippen MR) is 68.3 cm³/mol. The van der Waals surface area contributed by atoms with Gasteiger partial charge in [-0.2, -0.15) is 12.6 Å². The first kappa shape index (κ1) is 13.2. The van der Waals surface area contributed by atoms with Gasteiger partial charge in [0.2, 0.25) is 5.91 Å². The van der Waals surface area contributed by atoms with Gasteiger partial charge in [0.1, 0.15) is 5.75 Å². The summed E-state index contributed by atoms with van der Waals surface area (Å²) in [5.41, 5.74) is 0.772. The van der Waals surface area contributed by atoms with E-state index in [2.05, 4.69) is 17.9 Å². The predicted octanol–water partition coefficient (Wildman–Crippen LogP) is 2.28. The molecule has 1 atom stereocenters. The Morgan fingerprint density at radius 2 is 2.31 bits per heavy atom. The molecule has 0 aliphatic rings. The highest BCUT2D eigenvalue weighted by molar-refractivity contribution is 7.81. The molecule has 1 aromatic rings. The molecule has 1 N–H and O–H groups in total. The van der Waals surface area contributed by atoms with Crippen LogP contribution in [-0.4, -0.2) is 18.3 Å². The molecule has 0 fully saturated rings. The SMILES string of the molecule is COc1cccc(Cl)c1CNC(=O)C(C)S. The lowest BCUT2D eigenvalue weighted by Gasteiger charge is -2.12. The van der Waals surface area contributed by atoms with Crippen molar-refractivity contribution in [2.75, 3.05) is 7.11 Å². The molecular formula is C11H14ClNO2S. The summed E-state index contributed by atoms with van der Waals surface area (Å²) in [6, 6.07) is 5.36. The number of hydrogen-bond acceptors (Lipinski definition) is 3. The first-order valence-electron chi connectivity index (χ1n) is 4.83. The zero-order chi connectivity index (χ0) is 12.1. The van der Waals surface area contributed by atoms with Crippen molar-refractivity contribution < 1.29 is 9.53 Å². The third-order valence-corrected chi connectivity index (χ3v) is 2.70. The molecule has 0 spiro atoms. The van der Waals surface area contributed by atoms with Crippen LogP contribution in [0.15, 0.2) is 18.2 Å². The highest BCUT2D eigenvalue weighted by atomic mass is 35.5. The van der Waals surface area contributed by atoms with Gasteiger partial charge in [-0.05, 0) is 19.1 Å². The molecule has 1 rings (SSSR count). The molecule has 0 aliphatic carbocycles. The number of carbonyl (C=O) groups is 1. The summed E-state index contributed by atoms with van der Waals surface area (Å²) >= 11 is 10.1. The first-order valence-corrected chi connectivity index (χ1v) is 5.73. The van der Waals surface area contributed by atoms with Crippen LogP contribution in [-0.2, 0) is 11.3 Å². The van der Waals surface area contributed by atoms with Crippen molar-refractivity contribution in [1.29, 1.82) is 0 Å². The first-order chi connectivity index (χ1) is 7.56. The maximum atomic E-state index is 11.4. The van der Waals surface area contributed by atoms with Crippen molar-refractivity contribution in [3.63, 3.8) is 0 Å². The van der Waals surface area contributed by atoms with Crippen LogP contribution in [0.25, 0.3) is 0 Å². The number of halogens is 1. The lowest BCUT2D eigenvalue weighted by Crippen LogP contribution is -2.29. The van der Waals surface area contributed by atoms with Gasteiger partial charge in [-0.3, -0.25) is 4.79 Å². The van der Waals surface area contributed by atoms with Crippen molar-refractivity contribution in [3.05, 3.63) is 28.8 Å². The van der Waals surface area contributed by atoms with E-state index >= 15 is 0 Å². The van der Waals surface area contributed by atoms with Crippen LogP contribution in [0.4, 0.5) is 0 Å². The second-order valence-electron chi connectivity index (χ2n) is 3.31. The molecule has 3 nitrogen and oxygen atoms in total. The Morgan fingerprint density at radius 1 is 1.62 bits per heavy atom. The average Bonchev–Trinajstić information content (AvgIpc) is 2.26. The molecule has 0 bridgehead atoms. The number of carbonyl (C=O) groups excluding carboxylic acids is 1. The number of rotatable bonds is 4. The minimum atomic E-state index is -0.339. The summed E-state index contributed by atoms with van der Waals surface area (Å²) in [7, 11) is 1.57. The monoisotopic (exact) mass is 259 g/mol. The zero-order valence-corrected chi connectivity index (χ0v) is 10.8. The van der Waals surface area contributed by atoms with Crippen LogP contribution in [0.1, 0.15) is 12.5 Å². The van der Waals surface area contributed by atoms with Gasteiger partial charge >= 0.3 is 0 Å². The van der Waals surface area contributed by atoms with Crippen LogP contribution in [0.3, 0.4) is 0 Å². The Kier molecular flexibility index (Phi) is 4.96. The average molecular weight is 260 g/mol. The van der Waals surface area contributed by atoms with E-state index in [-0.39, 0.29) is 11.2 Å². The number of nitrogens with one attached hydrogen (secondary N) is 1. The quantitative estimate of drug-likeness (QED) is 0.815. The van der Waals surface area contributed by atoms with Crippen molar-refractivity contribution in [3.8, 4) is 5.75 Å². The van der Waals surface area contributed by atoms with E-state index < -0.39 is 0 Å². The Morgan fingerprint density at radius 3 is 2.88 bits per heavy atom. The molecule has 1 amide bonds. The molecule has 0 saturated heterocycles. The fourth-order valence-corrected chi connectivity index (χ4v) is 1.55. The van der Waals surface area contributed by atoms with E-state index in [0.29, 0.717) is 17.3 Å². The van der Waals surface area contributed by atoms with Gasteiger partial charge in [0.15, 0.2) is 0 Å². The number of amides is 1. The summed E-state index contributed by atoms with van der Waals surface area (Å²) in [5.74, 6) is 0.532. The Hall–Kier alpha value is -0.870. The van der Waals surface area contributed by atoms with Crippen LogP contribution in [0.2, 0.25) is 5.02 Å². The minimum absolute atomic E-state index is 0.134. The summed E-state index contributed by atoms with van der Waals surface area (Å²) in [5, 5.41) is 2.97. The second kappa shape index (κ2) is 6.01. The molecule has 0 radical (unpaired) electrons. The second-order valence-corrected chi connectivity index (χ2v) is 4.50. The summed E-state index contributed by atoms with van der Waals surface area (Å²) in [6.07, 6.45) is 0. The van der Waals surface area contributed by atoms with Gasteiger partial charge in [-0.15, -0.1) is 0 Å². The number of ether oxygens (including phenoxy) is 1. The molecule has 0 aromatic heterocycles. The molecule has 0 saturated carbocycles. The molecule has 0 heterocycles. The maximum Gasteiger partial charge on any atom is 0.232 e. The molecular weight excluding hydrogens is 246 g/mol. The van der Waals surface area contributed by atoms with Gasteiger partial charge in [0, 0.05) is 17.1 Å². The minimum Gasteiger partial charge on any atom is -0.496 e. The molecule has 16 heavy (non-hydrogen) atoms. The van der Waals surface area contributed by atoms with Gasteiger partial charge in [0.25, 0.3) is 0 Å². The lowest BCUT2D eigenvalue weighted by atomic mass is 10.2. The molecule has 88 valence electrons. The Bertz CT molecular complexity index is 382. The summed E-state index contributed by atoms with van der Waals surface area (Å²) in [6.45, 7) is 2.05. The molecule has 0 aliphatic heterocycles. The molecule has 1 unspecified atom stereocenters. The van der Waals surface area contributed by atoms with Crippen molar-refractivity contribution in [1.82, 2.24) is 5.32 Å². The highest BCUT2D eigenvalue weighted by Gasteiger charge is 2.11. The van der Waals surface area contributed by atoms with E-state index in [1.807, 2.05) is 0 Å². The van der Waals surface area contributed by atoms with E-state index in [4.69, 9.17) is 16.3 Å². The van der Waals surface area contributed by atoms with E-state index in [1.165, 1.54) is 0 Å². The van der Waals surface area contributed by atoms with Crippen LogP contribution in [0, 0.1) is 0 Å². The highest BCUT2D eigenvalue weighted by Crippen LogP contribution is 2.25. The number of hydrogen-bond donors (Lipinski definition) is 2. The van der Waals surface area contributed by atoms with Crippen molar-refractivity contribution in [2.24, 2.45) is 0 Å². The third-order valence-electron chi connectivity index (χ3n) is 2.11. The topological polar surface area (TPSA) is 38.3 Å². The van der Waals surface area contributed by atoms with Crippen molar-refractivity contribution in [2.45, 2.75) is 18.7 Å². The van der Waals surface area contributed by atoms with Gasteiger partial charge in [-0.25, -0.2) is 0 Å². The largest absolute Gasteiger partial charge is 0.496 e. The standard InChI is InChI=1S/C11H14ClNO2S/c1-7(16)11(14)13-6-8-9(12)4-3-5-10(8)15-2/h3-5,7,16H,6H2,1-2H3,(H,13,14). The van der Waals surface area contributed by atoms with E-state index in [9.17, 15) is 4.79 Å². The van der Waals surface area contributed by atoms with Crippen LogP contribution < -0.4 is 10.1 Å². The molecule has 1 aromatic carbocycles. The Labute approximate surface area is 106 Å². The van der Waals surface area contributed by atoms with E-state index in [0.717, 1.165) is 5.56 Å². The third kappa shape index (κ3) is 3.32. The van der Waals surface area contributed by atoms with Gasteiger partial charge < -0.3 is 10.1 Å². The Balaban J connectivity index is 2.76. The number of thiol groups is 1. The summed E-state index contributed by atoms with van der Waals surface area (Å²) in [4.78, 5) is 11.4. The fraction of sp³-hybridized carbons (Fsp3) is 0.364. The number of methoxy groups -OCH3 is 1. The smallest absolute Gasteiger partial charge is 0.232 e. The normalized spacial score (nSPS) is 12.0. The fourth-order valence-electron chi connectivity index (χ4n) is 1.22. The summed E-state index contributed by atoms with van der Waals surface area (Å²) < 4.78 is 5.16. The van der Waals surface area contributed by atoms with Crippen LogP contribution >= 0.6 is 24.2 Å². The number of benzene rings is 1.